The monoisotopic (exact) mass is 425 g/mol. The van der Waals surface area contributed by atoms with Crippen LogP contribution in [0.4, 0.5) is 5.69 Å². The van der Waals surface area contributed by atoms with Crippen molar-refractivity contribution < 1.29 is 28.5 Å². The normalized spacial score (nSPS) is 10.3. The lowest BCUT2D eigenvalue weighted by Gasteiger charge is -2.12. The Kier molecular flexibility index (Phi) is 7.10. The van der Waals surface area contributed by atoms with Crippen LogP contribution in [0.2, 0.25) is 0 Å². The van der Waals surface area contributed by atoms with E-state index in [4.69, 9.17) is 18.9 Å². The van der Waals surface area contributed by atoms with E-state index in [2.05, 4.69) is 10.4 Å². The molecular weight excluding hydrogens is 402 g/mol. The first-order valence-corrected chi connectivity index (χ1v) is 9.52. The van der Waals surface area contributed by atoms with Crippen molar-refractivity contribution in [3.63, 3.8) is 0 Å². The highest BCUT2D eigenvalue weighted by atomic mass is 16.5. The number of hydrogen-bond donors (Lipinski definition) is 1. The van der Waals surface area contributed by atoms with Crippen molar-refractivity contribution >= 4 is 17.6 Å². The van der Waals surface area contributed by atoms with Gasteiger partial charge in [-0.3, -0.25) is 4.79 Å². The van der Waals surface area contributed by atoms with Gasteiger partial charge >= 0.3 is 5.97 Å². The third kappa shape index (κ3) is 5.33. The molecule has 0 aliphatic carbocycles. The van der Waals surface area contributed by atoms with Crippen LogP contribution < -0.4 is 19.5 Å². The average molecular weight is 425 g/mol. The molecule has 0 radical (unpaired) electrons. The van der Waals surface area contributed by atoms with Crippen LogP contribution in [0, 0.1) is 0 Å². The third-order valence-corrected chi connectivity index (χ3v) is 4.21. The van der Waals surface area contributed by atoms with Gasteiger partial charge in [-0.15, -0.1) is 0 Å². The van der Waals surface area contributed by atoms with E-state index in [0.29, 0.717) is 17.2 Å². The first kappa shape index (κ1) is 21.7. The van der Waals surface area contributed by atoms with E-state index >= 15 is 0 Å². The van der Waals surface area contributed by atoms with Crippen LogP contribution >= 0.6 is 0 Å². The Morgan fingerprint density at radius 2 is 1.81 bits per heavy atom. The summed E-state index contributed by atoms with van der Waals surface area (Å²) in [5, 5.41) is 6.97. The van der Waals surface area contributed by atoms with Crippen molar-refractivity contribution in [2.75, 3.05) is 32.8 Å². The number of anilines is 1. The number of nitrogens with zero attached hydrogens (tertiary/aromatic N) is 2. The Labute approximate surface area is 179 Å². The van der Waals surface area contributed by atoms with Crippen LogP contribution in [-0.4, -0.2) is 49.1 Å². The molecule has 1 aromatic heterocycles. The Balaban J connectivity index is 1.76. The van der Waals surface area contributed by atoms with Gasteiger partial charge in [0.05, 0.1) is 38.4 Å². The minimum Gasteiger partial charge on any atom is -0.497 e. The molecule has 1 N–H and O–H groups in total. The topological polar surface area (TPSA) is 101 Å². The molecule has 2 aromatic carbocycles. The van der Waals surface area contributed by atoms with Crippen LogP contribution in [0.5, 0.6) is 17.2 Å². The number of aromatic nitrogens is 2. The van der Waals surface area contributed by atoms with Gasteiger partial charge in [-0.25, -0.2) is 9.48 Å². The van der Waals surface area contributed by atoms with E-state index in [0.717, 1.165) is 5.69 Å². The number of benzene rings is 2. The van der Waals surface area contributed by atoms with Crippen LogP contribution in [0.1, 0.15) is 17.4 Å². The minimum absolute atomic E-state index is 0.0162. The predicted octanol–water partition coefficient (Wildman–Crippen LogP) is 3.08. The summed E-state index contributed by atoms with van der Waals surface area (Å²) < 4.78 is 22.6. The molecule has 0 saturated carbocycles. The zero-order chi connectivity index (χ0) is 22.2. The van der Waals surface area contributed by atoms with Gasteiger partial charge in [-0.2, -0.15) is 5.10 Å². The third-order valence-electron chi connectivity index (χ3n) is 4.21. The zero-order valence-corrected chi connectivity index (χ0v) is 17.5. The molecule has 0 aliphatic heterocycles. The van der Waals surface area contributed by atoms with E-state index in [9.17, 15) is 9.59 Å². The summed E-state index contributed by atoms with van der Waals surface area (Å²) in [6.07, 6.45) is 1.53. The van der Waals surface area contributed by atoms with E-state index in [1.807, 2.05) is 30.3 Å². The number of hydrogen-bond acceptors (Lipinski definition) is 7. The summed E-state index contributed by atoms with van der Waals surface area (Å²) in [6, 6.07) is 14.2. The van der Waals surface area contributed by atoms with Crippen molar-refractivity contribution in [1.82, 2.24) is 9.78 Å². The quantitative estimate of drug-likeness (QED) is 0.526. The summed E-state index contributed by atoms with van der Waals surface area (Å²) in [5.41, 5.74) is 1.15. The number of carbonyl (C=O) groups excluding carboxylic acids is 2. The summed E-state index contributed by atoms with van der Waals surface area (Å²) >= 11 is 0. The number of esters is 1. The molecule has 0 atom stereocenters. The van der Waals surface area contributed by atoms with Crippen LogP contribution in [0.3, 0.4) is 0 Å². The van der Waals surface area contributed by atoms with Gasteiger partial charge in [0.15, 0.2) is 12.4 Å². The highest BCUT2D eigenvalue weighted by molar-refractivity contribution is 5.94. The lowest BCUT2D eigenvalue weighted by molar-refractivity contribution is -0.118. The van der Waals surface area contributed by atoms with Crippen LogP contribution in [0.25, 0.3) is 5.69 Å². The first-order valence-electron chi connectivity index (χ1n) is 9.52. The van der Waals surface area contributed by atoms with Crippen molar-refractivity contribution in [2.24, 2.45) is 0 Å². The SMILES string of the molecule is CCOC(=O)c1nn(-c2ccccc2)cc1OCC(=O)Nc1cc(OC)ccc1OC. The van der Waals surface area contributed by atoms with Crippen molar-refractivity contribution in [3.05, 3.63) is 60.4 Å². The zero-order valence-electron chi connectivity index (χ0n) is 17.5. The minimum atomic E-state index is -0.637. The van der Waals surface area contributed by atoms with Gasteiger partial charge in [0, 0.05) is 6.07 Å². The second-order valence-electron chi connectivity index (χ2n) is 6.25. The molecular formula is C22H23N3O6. The smallest absolute Gasteiger partial charge is 0.362 e. The van der Waals surface area contributed by atoms with Gasteiger partial charge in [0.25, 0.3) is 5.91 Å². The summed E-state index contributed by atoms with van der Waals surface area (Å²) in [7, 11) is 3.02. The maximum absolute atomic E-state index is 12.5. The molecule has 0 bridgehead atoms. The molecule has 1 amide bonds. The van der Waals surface area contributed by atoms with Crippen LogP contribution in [-0.2, 0) is 9.53 Å². The molecule has 0 spiro atoms. The average Bonchev–Trinajstić information content (AvgIpc) is 3.23. The molecule has 9 heteroatoms. The summed E-state index contributed by atoms with van der Waals surface area (Å²) in [5.74, 6) is 0.0787. The molecule has 3 aromatic rings. The fourth-order valence-corrected chi connectivity index (χ4v) is 2.76. The predicted molar refractivity (Wildman–Crippen MR) is 113 cm³/mol. The lowest BCUT2D eigenvalue weighted by Crippen LogP contribution is -2.21. The van der Waals surface area contributed by atoms with Gasteiger partial charge in [0.1, 0.15) is 11.5 Å². The largest absolute Gasteiger partial charge is 0.497 e. The lowest BCUT2D eigenvalue weighted by atomic mass is 10.2. The molecule has 0 unspecified atom stereocenters. The number of rotatable bonds is 9. The fourth-order valence-electron chi connectivity index (χ4n) is 2.76. The first-order chi connectivity index (χ1) is 15.0. The van der Waals surface area contributed by atoms with Gasteiger partial charge in [0.2, 0.25) is 5.69 Å². The van der Waals surface area contributed by atoms with Gasteiger partial charge in [-0.1, -0.05) is 18.2 Å². The van der Waals surface area contributed by atoms with E-state index in [1.165, 1.54) is 25.1 Å². The van der Waals surface area contributed by atoms with Crippen LogP contribution in [0.15, 0.2) is 54.7 Å². The molecule has 0 saturated heterocycles. The van der Waals surface area contributed by atoms with Crippen molar-refractivity contribution in [1.29, 1.82) is 0 Å². The maximum atomic E-state index is 12.5. The molecule has 0 aliphatic rings. The van der Waals surface area contributed by atoms with Gasteiger partial charge < -0.3 is 24.3 Å². The molecule has 162 valence electrons. The molecule has 9 nitrogen and oxygen atoms in total. The number of methoxy groups -OCH3 is 2. The van der Waals surface area contributed by atoms with Crippen molar-refractivity contribution in [3.8, 4) is 22.9 Å². The Hall–Kier alpha value is -4.01. The maximum Gasteiger partial charge on any atom is 0.362 e. The number of nitrogens with one attached hydrogen (secondary N) is 1. The summed E-state index contributed by atoms with van der Waals surface area (Å²) in [6.45, 7) is 1.53. The Morgan fingerprint density at radius 1 is 1.03 bits per heavy atom. The van der Waals surface area contributed by atoms with E-state index in [1.54, 1.807) is 25.1 Å². The fraction of sp³-hybridized carbons (Fsp3) is 0.227. The summed E-state index contributed by atoms with van der Waals surface area (Å²) in [4.78, 5) is 24.8. The number of para-hydroxylation sites is 1. The Bertz CT molecular complexity index is 1050. The highest BCUT2D eigenvalue weighted by Gasteiger charge is 2.21. The number of ether oxygens (including phenoxy) is 4. The molecule has 31 heavy (non-hydrogen) atoms. The Morgan fingerprint density at radius 3 is 2.48 bits per heavy atom. The standard InChI is InChI=1S/C22H23N3O6/c1-4-30-22(27)21-19(13-25(24-21)15-8-6-5-7-9-15)31-14-20(26)23-17-12-16(28-2)10-11-18(17)29-3/h5-13H,4,14H2,1-3H3,(H,23,26). The highest BCUT2D eigenvalue weighted by Crippen LogP contribution is 2.29. The van der Waals surface area contributed by atoms with Crippen molar-refractivity contribution in [2.45, 2.75) is 6.92 Å². The molecule has 0 fully saturated rings. The van der Waals surface area contributed by atoms with E-state index < -0.39 is 11.9 Å². The van der Waals surface area contributed by atoms with E-state index in [-0.39, 0.29) is 24.7 Å². The molecule has 3 rings (SSSR count). The second-order valence-corrected chi connectivity index (χ2v) is 6.25. The van der Waals surface area contributed by atoms with Gasteiger partial charge in [-0.05, 0) is 31.2 Å². The number of amides is 1. The molecule has 1 heterocycles. The second kappa shape index (κ2) is 10.1. The number of carbonyl (C=O) groups is 2.